The lowest BCUT2D eigenvalue weighted by molar-refractivity contribution is -0.138. The maximum Gasteiger partial charge on any atom is 0.225 e. The number of para-hydroxylation sites is 1. The molecule has 2 fully saturated rings. The number of aromatic nitrogens is 3. The third kappa shape index (κ3) is 4.72. The van der Waals surface area contributed by atoms with Crippen molar-refractivity contribution in [3.8, 4) is 22.6 Å². The lowest BCUT2D eigenvalue weighted by atomic mass is 9.85. The highest BCUT2D eigenvalue weighted by Gasteiger charge is 2.32. The summed E-state index contributed by atoms with van der Waals surface area (Å²) in [6.07, 6.45) is 7.93. The number of carbonyl (C=O) groups excluding carboxylic acids is 1. The molecule has 8 heteroatoms. The van der Waals surface area contributed by atoms with Crippen LogP contribution < -0.4 is 9.47 Å². The van der Waals surface area contributed by atoms with E-state index in [0.29, 0.717) is 23.5 Å². The quantitative estimate of drug-likeness (QED) is 0.525. The van der Waals surface area contributed by atoms with Gasteiger partial charge in [0.25, 0.3) is 0 Å². The maximum absolute atomic E-state index is 13.0. The zero-order chi connectivity index (χ0) is 24.4. The number of amides is 1. The van der Waals surface area contributed by atoms with Crippen molar-refractivity contribution in [3.05, 3.63) is 42.4 Å². The first-order valence-electron chi connectivity index (χ1n) is 12.5. The Labute approximate surface area is 206 Å². The number of benzene rings is 1. The SMILES string of the molecule is COc1cccc(-c2ccc3nc(C4CCN(C(=O)C5CCC(OC)CC5)CC4)nn3c2)c1OC. The molecular weight excluding hydrogens is 444 g/mol. The highest BCUT2D eigenvalue weighted by atomic mass is 16.5. The maximum atomic E-state index is 13.0. The van der Waals surface area contributed by atoms with Gasteiger partial charge in [0.05, 0.1) is 20.3 Å². The van der Waals surface area contributed by atoms with Crippen LogP contribution in [0.25, 0.3) is 16.8 Å². The lowest BCUT2D eigenvalue weighted by Gasteiger charge is -2.35. The molecule has 1 aliphatic carbocycles. The van der Waals surface area contributed by atoms with Gasteiger partial charge < -0.3 is 19.1 Å². The number of carbonyl (C=O) groups is 1. The Hall–Kier alpha value is -3.13. The van der Waals surface area contributed by atoms with Crippen molar-refractivity contribution < 1.29 is 19.0 Å². The number of likely N-dealkylation sites (tertiary alicyclic amines) is 1. The summed E-state index contributed by atoms with van der Waals surface area (Å²) < 4.78 is 18.4. The van der Waals surface area contributed by atoms with Crippen molar-refractivity contribution in [2.24, 2.45) is 5.92 Å². The predicted octanol–water partition coefficient (Wildman–Crippen LogP) is 4.32. The summed E-state index contributed by atoms with van der Waals surface area (Å²) >= 11 is 0. The third-order valence-corrected chi connectivity index (χ3v) is 7.59. The van der Waals surface area contributed by atoms with Crippen LogP contribution in [0, 0.1) is 5.92 Å². The van der Waals surface area contributed by atoms with Gasteiger partial charge in [0, 0.05) is 49.4 Å². The smallest absolute Gasteiger partial charge is 0.225 e. The average Bonchev–Trinajstić information content (AvgIpc) is 3.35. The van der Waals surface area contributed by atoms with E-state index in [9.17, 15) is 4.79 Å². The van der Waals surface area contributed by atoms with Gasteiger partial charge in [-0.25, -0.2) is 9.50 Å². The monoisotopic (exact) mass is 478 g/mol. The molecule has 1 aromatic carbocycles. The summed E-state index contributed by atoms with van der Waals surface area (Å²) in [7, 11) is 5.05. The molecule has 0 radical (unpaired) electrons. The number of pyridine rings is 1. The first-order chi connectivity index (χ1) is 17.1. The number of hydrogen-bond donors (Lipinski definition) is 0. The molecule has 0 atom stereocenters. The second kappa shape index (κ2) is 10.2. The first kappa shape index (κ1) is 23.6. The molecule has 0 bridgehead atoms. The van der Waals surface area contributed by atoms with E-state index < -0.39 is 0 Å². The highest BCUT2D eigenvalue weighted by molar-refractivity contribution is 5.79. The van der Waals surface area contributed by atoms with E-state index in [4.69, 9.17) is 24.3 Å². The van der Waals surface area contributed by atoms with Gasteiger partial charge in [-0.2, -0.15) is 5.10 Å². The van der Waals surface area contributed by atoms with Crippen LogP contribution in [0.3, 0.4) is 0 Å². The van der Waals surface area contributed by atoms with E-state index >= 15 is 0 Å². The molecule has 1 amide bonds. The van der Waals surface area contributed by atoms with Gasteiger partial charge in [-0.1, -0.05) is 12.1 Å². The van der Waals surface area contributed by atoms with Gasteiger partial charge in [-0.05, 0) is 56.7 Å². The van der Waals surface area contributed by atoms with Gasteiger partial charge in [-0.3, -0.25) is 4.79 Å². The molecule has 0 spiro atoms. The van der Waals surface area contributed by atoms with Crippen molar-refractivity contribution in [2.45, 2.75) is 50.5 Å². The summed E-state index contributed by atoms with van der Waals surface area (Å²) in [6.45, 7) is 1.55. The number of fused-ring (bicyclic) bond motifs is 1. The largest absolute Gasteiger partial charge is 0.493 e. The van der Waals surface area contributed by atoms with Gasteiger partial charge >= 0.3 is 0 Å². The molecule has 35 heavy (non-hydrogen) atoms. The van der Waals surface area contributed by atoms with Crippen molar-refractivity contribution in [1.82, 2.24) is 19.5 Å². The second-order valence-corrected chi connectivity index (χ2v) is 9.54. The number of methoxy groups -OCH3 is 3. The van der Waals surface area contributed by atoms with Crippen molar-refractivity contribution >= 4 is 11.6 Å². The summed E-state index contributed by atoms with van der Waals surface area (Å²) in [5, 5.41) is 4.81. The van der Waals surface area contributed by atoms with E-state index in [1.807, 2.05) is 41.0 Å². The van der Waals surface area contributed by atoms with Crippen LogP contribution in [-0.4, -0.2) is 65.9 Å². The van der Waals surface area contributed by atoms with Crippen molar-refractivity contribution in [2.75, 3.05) is 34.4 Å². The topological polar surface area (TPSA) is 78.2 Å². The van der Waals surface area contributed by atoms with Crippen molar-refractivity contribution in [1.29, 1.82) is 0 Å². The summed E-state index contributed by atoms with van der Waals surface area (Å²) in [4.78, 5) is 19.9. The molecule has 2 aromatic heterocycles. The average molecular weight is 479 g/mol. The normalized spacial score (nSPS) is 21.3. The van der Waals surface area contributed by atoms with Crippen LogP contribution in [0.1, 0.15) is 50.3 Å². The molecule has 2 aliphatic rings. The number of rotatable bonds is 6. The number of piperidine rings is 1. The van der Waals surface area contributed by atoms with E-state index in [1.54, 1.807) is 21.3 Å². The Morgan fingerprint density at radius 1 is 0.943 bits per heavy atom. The summed E-state index contributed by atoms with van der Waals surface area (Å²) in [5.74, 6) is 2.97. The predicted molar refractivity (Wildman–Crippen MR) is 133 cm³/mol. The fourth-order valence-corrected chi connectivity index (χ4v) is 5.51. The number of hydrogen-bond acceptors (Lipinski definition) is 6. The molecule has 5 rings (SSSR count). The van der Waals surface area contributed by atoms with E-state index in [1.165, 1.54) is 0 Å². The standard InChI is InChI=1S/C27H34N4O4/c1-33-21-10-7-19(8-11-21)27(32)30-15-13-18(14-16-30)26-28-24-12-9-20(17-31(24)29-26)22-5-4-6-23(34-2)25(22)35-3/h4-6,9,12,17-19,21H,7-8,10-11,13-16H2,1-3H3. The molecule has 3 heterocycles. The fraction of sp³-hybridized carbons (Fsp3) is 0.519. The van der Waals surface area contributed by atoms with Crippen LogP contribution in [0.4, 0.5) is 0 Å². The second-order valence-electron chi connectivity index (χ2n) is 9.54. The van der Waals surface area contributed by atoms with Crippen LogP contribution >= 0.6 is 0 Å². The van der Waals surface area contributed by atoms with Gasteiger partial charge in [0.15, 0.2) is 23.0 Å². The van der Waals surface area contributed by atoms with E-state index in [-0.39, 0.29) is 11.8 Å². The van der Waals surface area contributed by atoms with E-state index in [0.717, 1.165) is 74.2 Å². The lowest BCUT2D eigenvalue weighted by Crippen LogP contribution is -2.42. The Morgan fingerprint density at radius 3 is 2.40 bits per heavy atom. The Balaban J connectivity index is 1.27. The molecule has 0 N–H and O–H groups in total. The summed E-state index contributed by atoms with van der Waals surface area (Å²) in [6, 6.07) is 9.86. The van der Waals surface area contributed by atoms with Crippen LogP contribution in [0.5, 0.6) is 11.5 Å². The van der Waals surface area contributed by atoms with Crippen molar-refractivity contribution in [3.63, 3.8) is 0 Å². The number of nitrogens with zero attached hydrogens (tertiary/aromatic N) is 4. The van der Waals surface area contributed by atoms with Crippen LogP contribution in [0.2, 0.25) is 0 Å². The van der Waals surface area contributed by atoms with Crippen LogP contribution in [0.15, 0.2) is 36.5 Å². The van der Waals surface area contributed by atoms with E-state index in [2.05, 4.69) is 4.90 Å². The molecule has 1 aliphatic heterocycles. The Bertz CT molecular complexity index is 1180. The molecule has 1 saturated carbocycles. The minimum atomic E-state index is 0.151. The van der Waals surface area contributed by atoms with Gasteiger partial charge in [0.1, 0.15) is 0 Å². The van der Waals surface area contributed by atoms with Gasteiger partial charge in [0.2, 0.25) is 5.91 Å². The third-order valence-electron chi connectivity index (χ3n) is 7.59. The minimum absolute atomic E-state index is 0.151. The van der Waals surface area contributed by atoms with Crippen LogP contribution in [-0.2, 0) is 9.53 Å². The molecule has 1 saturated heterocycles. The molecule has 8 nitrogen and oxygen atoms in total. The minimum Gasteiger partial charge on any atom is -0.493 e. The summed E-state index contributed by atoms with van der Waals surface area (Å²) in [5.41, 5.74) is 2.74. The zero-order valence-electron chi connectivity index (χ0n) is 20.8. The van der Waals surface area contributed by atoms with Gasteiger partial charge in [-0.15, -0.1) is 0 Å². The number of ether oxygens (including phenoxy) is 3. The Morgan fingerprint density at radius 2 is 1.71 bits per heavy atom. The Kier molecular flexibility index (Phi) is 6.90. The molecule has 3 aromatic rings. The molecule has 0 unspecified atom stereocenters. The molecular formula is C27H34N4O4. The highest BCUT2D eigenvalue weighted by Crippen LogP contribution is 2.38. The molecule has 186 valence electrons. The zero-order valence-corrected chi connectivity index (χ0v) is 20.8. The fourth-order valence-electron chi connectivity index (χ4n) is 5.51. The first-order valence-corrected chi connectivity index (χ1v) is 12.5.